The average Bonchev–Trinajstić information content (AvgIpc) is 2.77. The molecule has 0 saturated carbocycles. The highest BCUT2D eigenvalue weighted by Gasteiger charge is 2.29. The van der Waals surface area contributed by atoms with Crippen LogP contribution >= 0.6 is 0 Å². The van der Waals surface area contributed by atoms with E-state index in [1.807, 2.05) is 24.3 Å². The van der Waals surface area contributed by atoms with Crippen molar-refractivity contribution in [2.75, 3.05) is 0 Å². The van der Waals surface area contributed by atoms with Crippen LogP contribution in [0.1, 0.15) is 31.8 Å². The molecule has 3 N–H and O–H groups in total. The van der Waals surface area contributed by atoms with Crippen LogP contribution in [0.5, 0.6) is 5.75 Å². The summed E-state index contributed by atoms with van der Waals surface area (Å²) in [6.07, 6.45) is 0.400. The predicted octanol–water partition coefficient (Wildman–Crippen LogP) is 2.36. The van der Waals surface area contributed by atoms with Gasteiger partial charge in [0.2, 0.25) is 0 Å². The van der Waals surface area contributed by atoms with Crippen molar-refractivity contribution in [2.45, 2.75) is 6.42 Å². The Bertz CT molecular complexity index is 761. The lowest BCUT2D eigenvalue weighted by atomic mass is 9.96. The minimum Gasteiger partial charge on any atom is -0.507 e. The molecule has 100 valence electrons. The van der Waals surface area contributed by atoms with Gasteiger partial charge in [0, 0.05) is 12.0 Å². The van der Waals surface area contributed by atoms with Crippen LogP contribution in [0.4, 0.5) is 0 Å². The van der Waals surface area contributed by atoms with Gasteiger partial charge in [-0.1, -0.05) is 24.3 Å². The van der Waals surface area contributed by atoms with Crippen LogP contribution in [0.3, 0.4) is 0 Å². The lowest BCUT2D eigenvalue weighted by molar-refractivity contribution is 0.0648. The summed E-state index contributed by atoms with van der Waals surface area (Å²) in [6, 6.07) is 8.68. The molecule has 5 nitrogen and oxygen atoms in total. The molecule has 0 atom stereocenters. The number of hydrogen-bond acceptors (Lipinski definition) is 3. The summed E-state index contributed by atoms with van der Waals surface area (Å²) >= 11 is 0. The van der Waals surface area contributed by atoms with E-state index in [9.17, 15) is 14.7 Å². The lowest BCUT2D eigenvalue weighted by Gasteiger charge is -2.10. The van der Waals surface area contributed by atoms with Crippen LogP contribution in [0, 0.1) is 0 Å². The Morgan fingerprint density at radius 1 is 1.00 bits per heavy atom. The third-order valence-electron chi connectivity index (χ3n) is 3.52. The molecule has 0 spiro atoms. The zero-order chi connectivity index (χ0) is 14.4. The van der Waals surface area contributed by atoms with Crippen LogP contribution in [0.2, 0.25) is 0 Å². The number of aromatic hydroxyl groups is 1. The fourth-order valence-electron chi connectivity index (χ4n) is 2.64. The number of rotatable bonds is 2. The van der Waals surface area contributed by atoms with Crippen LogP contribution in [-0.2, 0) is 6.42 Å². The van der Waals surface area contributed by atoms with Crippen molar-refractivity contribution in [3.8, 4) is 16.9 Å². The highest BCUT2D eigenvalue weighted by atomic mass is 16.4. The second kappa shape index (κ2) is 4.09. The van der Waals surface area contributed by atoms with E-state index in [1.165, 1.54) is 6.07 Å². The summed E-state index contributed by atoms with van der Waals surface area (Å²) in [5, 5.41) is 28.4. The maximum absolute atomic E-state index is 11.2. The maximum Gasteiger partial charge on any atom is 0.340 e. The Balaban J connectivity index is 2.36. The van der Waals surface area contributed by atoms with Crippen LogP contribution in [0.25, 0.3) is 11.1 Å². The van der Waals surface area contributed by atoms with E-state index in [4.69, 9.17) is 10.2 Å². The molecule has 0 heterocycles. The van der Waals surface area contributed by atoms with Gasteiger partial charge in [0.1, 0.15) is 11.3 Å². The molecule has 1 aliphatic rings. The number of benzene rings is 2. The molecule has 0 aliphatic heterocycles. The number of carbonyl (C=O) groups is 2. The molecule has 5 heteroatoms. The molecule has 0 fully saturated rings. The first kappa shape index (κ1) is 12.2. The quantitative estimate of drug-likeness (QED) is 0.664. The molecule has 20 heavy (non-hydrogen) atoms. The van der Waals surface area contributed by atoms with Crippen molar-refractivity contribution >= 4 is 11.9 Å². The second-order valence-corrected chi connectivity index (χ2v) is 4.62. The minimum atomic E-state index is -1.45. The number of phenols is 1. The van der Waals surface area contributed by atoms with Gasteiger partial charge in [0.15, 0.2) is 0 Å². The SMILES string of the molecule is O=C(O)c1cc2c(c(O)c1C(=O)O)Cc1ccccc1-2. The van der Waals surface area contributed by atoms with Crippen molar-refractivity contribution < 1.29 is 24.9 Å². The molecule has 0 saturated heterocycles. The Hall–Kier alpha value is -2.82. The lowest BCUT2D eigenvalue weighted by Crippen LogP contribution is -2.09. The molecular formula is C15H10O5. The molecule has 1 aliphatic carbocycles. The summed E-state index contributed by atoms with van der Waals surface area (Å²) < 4.78 is 0. The van der Waals surface area contributed by atoms with Gasteiger partial charge in [-0.05, 0) is 22.8 Å². The summed E-state index contributed by atoms with van der Waals surface area (Å²) in [5.74, 6) is -3.27. The topological polar surface area (TPSA) is 94.8 Å². The van der Waals surface area contributed by atoms with Gasteiger partial charge in [-0.2, -0.15) is 0 Å². The third kappa shape index (κ3) is 1.56. The van der Waals surface area contributed by atoms with E-state index in [-0.39, 0.29) is 0 Å². The minimum absolute atomic E-state index is 0.398. The van der Waals surface area contributed by atoms with E-state index < -0.39 is 28.8 Å². The summed E-state index contributed by atoms with van der Waals surface area (Å²) in [7, 11) is 0. The van der Waals surface area contributed by atoms with Gasteiger partial charge < -0.3 is 15.3 Å². The van der Waals surface area contributed by atoms with Crippen LogP contribution in [0.15, 0.2) is 30.3 Å². The predicted molar refractivity (Wildman–Crippen MR) is 70.3 cm³/mol. The highest BCUT2D eigenvalue weighted by molar-refractivity contribution is 6.06. The number of fused-ring (bicyclic) bond motifs is 3. The van der Waals surface area contributed by atoms with Crippen LogP contribution < -0.4 is 0 Å². The summed E-state index contributed by atoms with van der Waals surface area (Å²) in [5.41, 5.74) is 1.87. The van der Waals surface area contributed by atoms with Crippen molar-refractivity contribution in [1.82, 2.24) is 0 Å². The van der Waals surface area contributed by atoms with E-state index in [0.717, 1.165) is 11.1 Å². The largest absolute Gasteiger partial charge is 0.507 e. The molecule has 0 unspecified atom stereocenters. The van der Waals surface area contributed by atoms with Gasteiger partial charge >= 0.3 is 11.9 Å². The highest BCUT2D eigenvalue weighted by Crippen LogP contribution is 2.43. The fourth-order valence-corrected chi connectivity index (χ4v) is 2.64. The summed E-state index contributed by atoms with van der Waals surface area (Å²) in [4.78, 5) is 22.4. The number of aromatic carboxylic acids is 2. The van der Waals surface area contributed by atoms with Crippen molar-refractivity contribution in [1.29, 1.82) is 0 Å². The van der Waals surface area contributed by atoms with E-state index in [1.54, 1.807) is 0 Å². The van der Waals surface area contributed by atoms with E-state index in [2.05, 4.69) is 0 Å². The number of carboxylic acid groups (broad SMARTS) is 2. The normalized spacial score (nSPS) is 11.8. The van der Waals surface area contributed by atoms with Crippen molar-refractivity contribution in [2.24, 2.45) is 0 Å². The standard InChI is InChI=1S/C15H10O5/c16-13-10-5-7-3-1-2-4-8(7)9(10)6-11(14(17)18)12(13)15(19)20/h1-4,6,16H,5H2,(H,17,18)(H,19,20). The molecule has 0 aromatic heterocycles. The van der Waals surface area contributed by atoms with E-state index in [0.29, 0.717) is 17.5 Å². The van der Waals surface area contributed by atoms with Gasteiger partial charge in [-0.3, -0.25) is 0 Å². The van der Waals surface area contributed by atoms with Gasteiger partial charge in [-0.15, -0.1) is 0 Å². The summed E-state index contributed by atoms with van der Waals surface area (Å²) in [6.45, 7) is 0. The first-order valence-corrected chi connectivity index (χ1v) is 5.94. The smallest absolute Gasteiger partial charge is 0.340 e. The molecule has 0 radical (unpaired) electrons. The molecule has 0 amide bonds. The van der Waals surface area contributed by atoms with Crippen LogP contribution in [-0.4, -0.2) is 27.3 Å². The molecular weight excluding hydrogens is 260 g/mol. The Morgan fingerprint density at radius 3 is 2.35 bits per heavy atom. The average molecular weight is 270 g/mol. The van der Waals surface area contributed by atoms with Gasteiger partial charge in [0.05, 0.1) is 5.56 Å². The Kier molecular flexibility index (Phi) is 2.50. The second-order valence-electron chi connectivity index (χ2n) is 4.62. The van der Waals surface area contributed by atoms with E-state index >= 15 is 0 Å². The fraction of sp³-hybridized carbons (Fsp3) is 0.0667. The number of carboxylic acids is 2. The molecule has 3 rings (SSSR count). The van der Waals surface area contributed by atoms with Gasteiger partial charge in [0.25, 0.3) is 0 Å². The first-order valence-electron chi connectivity index (χ1n) is 5.94. The third-order valence-corrected chi connectivity index (χ3v) is 3.52. The maximum atomic E-state index is 11.2. The van der Waals surface area contributed by atoms with Crippen molar-refractivity contribution in [3.05, 3.63) is 52.6 Å². The zero-order valence-corrected chi connectivity index (χ0v) is 10.3. The Labute approximate surface area is 113 Å². The molecule has 2 aromatic carbocycles. The van der Waals surface area contributed by atoms with Crippen molar-refractivity contribution in [3.63, 3.8) is 0 Å². The molecule has 0 bridgehead atoms. The zero-order valence-electron chi connectivity index (χ0n) is 10.3. The first-order chi connectivity index (χ1) is 9.50. The number of hydrogen-bond donors (Lipinski definition) is 3. The van der Waals surface area contributed by atoms with Gasteiger partial charge in [-0.25, -0.2) is 9.59 Å². The Morgan fingerprint density at radius 2 is 1.70 bits per heavy atom. The monoisotopic (exact) mass is 270 g/mol. The molecule has 2 aromatic rings.